The molecule has 0 saturated carbocycles. The molecule has 2 atom stereocenters. The minimum atomic E-state index is -0.681. The fraction of sp³-hybridized carbons (Fsp3) is 0.417. The maximum atomic E-state index is 12.5. The van der Waals surface area contributed by atoms with Crippen molar-refractivity contribution in [3.05, 3.63) is 65.2 Å². The molecule has 2 aromatic rings. The normalized spacial score (nSPS) is 17.9. The molecule has 2 aromatic carbocycles. The summed E-state index contributed by atoms with van der Waals surface area (Å²) in [5.41, 5.74) is 2.81. The molecular formula is C24H29N3O2. The van der Waals surface area contributed by atoms with Crippen LogP contribution in [0.1, 0.15) is 43.4 Å². The van der Waals surface area contributed by atoms with Gasteiger partial charge in [-0.25, -0.2) is 0 Å². The molecule has 5 heteroatoms. The van der Waals surface area contributed by atoms with Crippen LogP contribution in [0.25, 0.3) is 0 Å². The van der Waals surface area contributed by atoms with Gasteiger partial charge in [-0.3, -0.25) is 9.69 Å². The van der Waals surface area contributed by atoms with E-state index in [1.165, 1.54) is 18.4 Å². The third kappa shape index (κ3) is 5.82. The van der Waals surface area contributed by atoms with Crippen LogP contribution in [0, 0.1) is 17.2 Å². The Morgan fingerprint density at radius 2 is 1.97 bits per heavy atom. The Bertz CT molecular complexity index is 874. The molecule has 0 aromatic heterocycles. The summed E-state index contributed by atoms with van der Waals surface area (Å²) in [6.45, 7) is 7.65. The molecule has 1 amide bonds. The zero-order valence-corrected chi connectivity index (χ0v) is 17.2. The largest absolute Gasteiger partial charge is 0.480 e. The van der Waals surface area contributed by atoms with Crippen LogP contribution in [0.2, 0.25) is 0 Å². The van der Waals surface area contributed by atoms with E-state index in [-0.39, 0.29) is 5.91 Å². The maximum Gasteiger partial charge on any atom is 0.261 e. The summed E-state index contributed by atoms with van der Waals surface area (Å²) in [6.07, 6.45) is 1.87. The van der Waals surface area contributed by atoms with Crippen LogP contribution in [-0.4, -0.2) is 30.0 Å². The molecule has 3 rings (SSSR count). The number of nitriles is 1. The van der Waals surface area contributed by atoms with Crippen LogP contribution in [0.15, 0.2) is 48.5 Å². The lowest BCUT2D eigenvalue weighted by molar-refractivity contribution is -0.127. The zero-order chi connectivity index (χ0) is 20.6. The summed E-state index contributed by atoms with van der Waals surface area (Å²) in [7, 11) is 0. The standard InChI is InChI=1S/C24H29N3O2/c1-18-8-7-13-27(16-18)17-22-11-4-3-10-21(22)15-26-24(28)19(2)29-23-12-6-5-9-20(23)14-25/h3-6,9-12,18-19H,7-8,13,15-17H2,1-2H3,(H,26,28). The van der Waals surface area contributed by atoms with E-state index in [4.69, 9.17) is 10.00 Å². The molecule has 152 valence electrons. The number of carbonyl (C=O) groups excluding carboxylic acids is 1. The first-order valence-corrected chi connectivity index (χ1v) is 10.3. The Morgan fingerprint density at radius 1 is 1.24 bits per heavy atom. The number of likely N-dealkylation sites (tertiary alicyclic amines) is 1. The maximum absolute atomic E-state index is 12.5. The third-order valence-electron chi connectivity index (χ3n) is 5.39. The summed E-state index contributed by atoms with van der Waals surface area (Å²) in [5, 5.41) is 12.1. The second-order valence-electron chi connectivity index (χ2n) is 7.84. The number of nitrogens with zero attached hydrogens (tertiary/aromatic N) is 2. The van der Waals surface area contributed by atoms with Crippen LogP contribution in [0.4, 0.5) is 0 Å². The van der Waals surface area contributed by atoms with Crippen molar-refractivity contribution in [2.75, 3.05) is 13.1 Å². The summed E-state index contributed by atoms with van der Waals surface area (Å²) >= 11 is 0. The van der Waals surface area contributed by atoms with Crippen molar-refractivity contribution in [3.8, 4) is 11.8 Å². The molecule has 1 fully saturated rings. The summed E-state index contributed by atoms with van der Waals surface area (Å²) < 4.78 is 5.71. The highest BCUT2D eigenvalue weighted by atomic mass is 16.5. The molecule has 0 bridgehead atoms. The average Bonchev–Trinajstić information content (AvgIpc) is 2.73. The van der Waals surface area contributed by atoms with Gasteiger partial charge in [0.1, 0.15) is 11.8 Å². The van der Waals surface area contributed by atoms with E-state index in [1.807, 2.05) is 6.07 Å². The predicted octanol–water partition coefficient (Wildman–Crippen LogP) is 3.87. The number of rotatable bonds is 7. The van der Waals surface area contributed by atoms with Gasteiger partial charge in [-0.1, -0.05) is 43.3 Å². The predicted molar refractivity (Wildman–Crippen MR) is 113 cm³/mol. The molecule has 0 radical (unpaired) electrons. The fourth-order valence-electron chi connectivity index (χ4n) is 3.79. The first-order chi connectivity index (χ1) is 14.1. The Balaban J connectivity index is 1.58. The molecule has 0 aliphatic carbocycles. The minimum absolute atomic E-state index is 0.195. The van der Waals surface area contributed by atoms with Gasteiger partial charge in [0.15, 0.2) is 6.10 Å². The van der Waals surface area contributed by atoms with Crippen molar-refractivity contribution in [1.29, 1.82) is 5.26 Å². The smallest absolute Gasteiger partial charge is 0.261 e. The number of carbonyl (C=O) groups is 1. The Morgan fingerprint density at radius 3 is 2.72 bits per heavy atom. The molecule has 0 spiro atoms. The van der Waals surface area contributed by atoms with Crippen LogP contribution < -0.4 is 10.1 Å². The quantitative estimate of drug-likeness (QED) is 0.778. The lowest BCUT2D eigenvalue weighted by Crippen LogP contribution is -2.37. The van der Waals surface area contributed by atoms with Gasteiger partial charge in [-0.05, 0) is 55.5 Å². The van der Waals surface area contributed by atoms with Crippen LogP contribution >= 0.6 is 0 Å². The number of nitrogens with one attached hydrogen (secondary N) is 1. The van der Waals surface area contributed by atoms with Crippen molar-refractivity contribution >= 4 is 5.91 Å². The molecule has 29 heavy (non-hydrogen) atoms. The van der Waals surface area contributed by atoms with Gasteiger partial charge in [0.05, 0.1) is 5.56 Å². The number of amides is 1. The van der Waals surface area contributed by atoms with Gasteiger partial charge in [0.25, 0.3) is 5.91 Å². The topological polar surface area (TPSA) is 65.4 Å². The lowest BCUT2D eigenvalue weighted by atomic mass is 9.99. The van der Waals surface area contributed by atoms with Crippen LogP contribution in [0.3, 0.4) is 0 Å². The molecule has 1 saturated heterocycles. The van der Waals surface area contributed by atoms with E-state index in [0.29, 0.717) is 17.9 Å². The highest BCUT2D eigenvalue weighted by Crippen LogP contribution is 2.20. The molecular weight excluding hydrogens is 362 g/mol. The van der Waals surface area contributed by atoms with Crippen molar-refractivity contribution in [3.63, 3.8) is 0 Å². The number of benzene rings is 2. The van der Waals surface area contributed by atoms with Crippen molar-refractivity contribution in [2.45, 2.75) is 45.9 Å². The summed E-state index contributed by atoms with van der Waals surface area (Å²) in [5.74, 6) is 0.973. The second kappa shape index (κ2) is 10.1. The third-order valence-corrected chi connectivity index (χ3v) is 5.39. The zero-order valence-electron chi connectivity index (χ0n) is 17.2. The molecule has 2 unspecified atom stereocenters. The molecule has 5 nitrogen and oxygen atoms in total. The lowest BCUT2D eigenvalue weighted by Gasteiger charge is -2.31. The number of hydrogen-bond acceptors (Lipinski definition) is 4. The monoisotopic (exact) mass is 391 g/mol. The number of hydrogen-bond donors (Lipinski definition) is 1. The van der Waals surface area contributed by atoms with Gasteiger partial charge in [-0.15, -0.1) is 0 Å². The van der Waals surface area contributed by atoms with Gasteiger partial charge in [0, 0.05) is 19.6 Å². The number of piperidine rings is 1. The summed E-state index contributed by atoms with van der Waals surface area (Å²) in [6, 6.07) is 17.3. The van der Waals surface area contributed by atoms with E-state index in [9.17, 15) is 4.79 Å². The number of para-hydroxylation sites is 1. The summed E-state index contributed by atoms with van der Waals surface area (Å²) in [4.78, 5) is 15.0. The molecule has 1 heterocycles. The Labute approximate surface area is 173 Å². The highest BCUT2D eigenvalue weighted by molar-refractivity contribution is 5.80. The van der Waals surface area contributed by atoms with E-state index in [1.54, 1.807) is 31.2 Å². The van der Waals surface area contributed by atoms with Crippen molar-refractivity contribution in [1.82, 2.24) is 10.2 Å². The Hall–Kier alpha value is -2.84. The van der Waals surface area contributed by atoms with E-state index in [2.05, 4.69) is 41.4 Å². The first-order valence-electron chi connectivity index (χ1n) is 10.3. The van der Waals surface area contributed by atoms with E-state index >= 15 is 0 Å². The van der Waals surface area contributed by atoms with Crippen molar-refractivity contribution in [2.24, 2.45) is 5.92 Å². The Kier molecular flexibility index (Phi) is 7.26. The molecule has 1 aliphatic heterocycles. The SMILES string of the molecule is CC1CCCN(Cc2ccccc2CNC(=O)C(C)Oc2ccccc2C#N)C1. The molecule has 1 N–H and O–H groups in total. The van der Waals surface area contributed by atoms with E-state index in [0.717, 1.165) is 31.1 Å². The highest BCUT2D eigenvalue weighted by Gasteiger charge is 2.19. The minimum Gasteiger partial charge on any atom is -0.480 e. The molecule has 1 aliphatic rings. The van der Waals surface area contributed by atoms with Gasteiger partial charge in [0.2, 0.25) is 0 Å². The first kappa shape index (κ1) is 20.9. The van der Waals surface area contributed by atoms with Gasteiger partial charge in [-0.2, -0.15) is 5.26 Å². The second-order valence-corrected chi connectivity index (χ2v) is 7.84. The van der Waals surface area contributed by atoms with Crippen LogP contribution in [-0.2, 0) is 17.9 Å². The fourth-order valence-corrected chi connectivity index (χ4v) is 3.79. The van der Waals surface area contributed by atoms with Crippen molar-refractivity contribution < 1.29 is 9.53 Å². The van der Waals surface area contributed by atoms with Crippen LogP contribution in [0.5, 0.6) is 5.75 Å². The van der Waals surface area contributed by atoms with Gasteiger partial charge >= 0.3 is 0 Å². The number of ether oxygens (including phenoxy) is 1. The van der Waals surface area contributed by atoms with E-state index < -0.39 is 6.10 Å². The average molecular weight is 392 g/mol. The van der Waals surface area contributed by atoms with Gasteiger partial charge < -0.3 is 10.1 Å².